The second-order valence-corrected chi connectivity index (χ2v) is 1.09. The molecule has 0 N–H and O–H groups in total. The van der Waals surface area contributed by atoms with Crippen LogP contribution in [0.25, 0.3) is 0 Å². The molecule has 0 spiro atoms. The number of hydrogen-bond donors (Lipinski definition) is 0. The maximum Gasteiger partial charge on any atom is 0.410 e. The summed E-state index contributed by atoms with van der Waals surface area (Å²) in [5.74, 6) is 0. The lowest BCUT2D eigenvalue weighted by Crippen LogP contribution is -1.99. The van der Waals surface area contributed by atoms with Crippen LogP contribution in [0.5, 0.6) is 0 Å². The van der Waals surface area contributed by atoms with Crippen LogP contribution in [-0.4, -0.2) is 6.18 Å². The van der Waals surface area contributed by atoms with Gasteiger partial charge in [-0.2, -0.15) is 13.2 Å². The monoisotopic (exact) mass is 150 g/mol. The second-order valence-electron chi connectivity index (χ2n) is 0.834. The topological polar surface area (TPSA) is 0 Å². The van der Waals surface area contributed by atoms with E-state index in [-0.39, 0.29) is 10.8 Å². The molecule has 0 aromatic carbocycles. The number of rotatable bonds is 0. The molecular formula is C3H3ClF4. The van der Waals surface area contributed by atoms with E-state index in [4.69, 9.17) is 0 Å². The van der Waals surface area contributed by atoms with Crippen LogP contribution in [0.15, 0.2) is 11.6 Å². The molecule has 0 amide bonds. The molecule has 0 atom stereocenters. The Morgan fingerprint density at radius 2 is 1.62 bits per heavy atom. The molecule has 0 saturated heterocycles. The Kier molecular flexibility index (Phi) is 4.96. The summed E-state index contributed by atoms with van der Waals surface area (Å²) >= 11 is 4.59. The molecule has 0 aliphatic carbocycles. The van der Waals surface area contributed by atoms with E-state index in [1.165, 1.54) is 0 Å². The van der Waals surface area contributed by atoms with Crippen molar-refractivity contribution in [3.8, 4) is 0 Å². The second kappa shape index (κ2) is 3.72. The molecule has 8 heavy (non-hydrogen) atoms. The van der Waals surface area contributed by atoms with Crippen LogP contribution >= 0.6 is 11.6 Å². The molecule has 0 saturated carbocycles. The summed E-state index contributed by atoms with van der Waals surface area (Å²) in [6.07, 6.45) is -4.31. The zero-order chi connectivity index (χ0) is 5.91. The fraction of sp³-hybridized carbons (Fsp3) is 0.333. The van der Waals surface area contributed by atoms with E-state index in [0.29, 0.717) is 5.54 Å². The smallest absolute Gasteiger partial charge is 0.269 e. The first kappa shape index (κ1) is 10.7. The Hall–Kier alpha value is -0.250. The highest BCUT2D eigenvalue weighted by Gasteiger charge is 2.21. The predicted molar refractivity (Wildman–Crippen MR) is 23.6 cm³/mol. The minimum atomic E-state index is -4.26. The van der Waals surface area contributed by atoms with E-state index in [0.717, 1.165) is 0 Å². The fourth-order valence-electron chi connectivity index (χ4n) is 0.0714. The lowest BCUT2D eigenvalue weighted by molar-refractivity contribution is -0.0796. The summed E-state index contributed by atoms with van der Waals surface area (Å²) in [4.78, 5) is 0. The Labute approximate surface area is 48.3 Å². The molecule has 0 rings (SSSR count). The fourth-order valence-corrected chi connectivity index (χ4v) is 0.214. The first-order valence-corrected chi connectivity index (χ1v) is 1.84. The van der Waals surface area contributed by atoms with Gasteiger partial charge in [-0.1, -0.05) is 11.6 Å². The van der Waals surface area contributed by atoms with Crippen molar-refractivity contribution in [2.75, 3.05) is 0 Å². The van der Waals surface area contributed by atoms with Crippen LogP contribution in [-0.2, 0) is 0 Å². The zero-order valence-electron chi connectivity index (χ0n) is 3.57. The Bertz CT molecular complexity index is 73.8. The van der Waals surface area contributed by atoms with Crippen molar-refractivity contribution in [2.24, 2.45) is 0 Å². The van der Waals surface area contributed by atoms with Crippen molar-refractivity contribution >= 4 is 11.6 Å². The van der Waals surface area contributed by atoms with Gasteiger partial charge in [0, 0.05) is 11.6 Å². The van der Waals surface area contributed by atoms with Gasteiger partial charge < -0.3 is 0 Å². The molecule has 0 unspecified atom stereocenters. The van der Waals surface area contributed by atoms with E-state index in [1.54, 1.807) is 0 Å². The third-order valence-corrected chi connectivity index (χ3v) is 0.378. The molecule has 0 radical (unpaired) electrons. The average Bonchev–Trinajstić information content (AvgIpc) is 1.30. The van der Waals surface area contributed by atoms with E-state index in [9.17, 15) is 13.2 Å². The minimum Gasteiger partial charge on any atom is -0.269 e. The van der Waals surface area contributed by atoms with E-state index in [1.807, 2.05) is 0 Å². The molecule has 0 bridgehead atoms. The van der Waals surface area contributed by atoms with E-state index < -0.39 is 6.18 Å². The van der Waals surface area contributed by atoms with Crippen molar-refractivity contribution < 1.29 is 17.9 Å². The minimum absolute atomic E-state index is 0. The third kappa shape index (κ3) is 9.23. The van der Waals surface area contributed by atoms with Crippen LogP contribution in [0.4, 0.5) is 17.9 Å². The Morgan fingerprint density at radius 3 is 1.62 bits per heavy atom. The zero-order valence-corrected chi connectivity index (χ0v) is 4.33. The predicted octanol–water partition coefficient (Wildman–Crippen LogP) is 2.45. The van der Waals surface area contributed by atoms with Crippen LogP contribution < -0.4 is 0 Å². The largest absolute Gasteiger partial charge is 0.410 e. The molecule has 0 aromatic heterocycles. The maximum atomic E-state index is 10.9. The molecular weight excluding hydrogens is 147 g/mol. The Balaban J connectivity index is 0. The number of hydrogen-bond acceptors (Lipinski definition) is 0. The first-order chi connectivity index (χ1) is 3.06. The van der Waals surface area contributed by atoms with Gasteiger partial charge in [0.05, 0.1) is 0 Å². The van der Waals surface area contributed by atoms with Crippen LogP contribution in [0.3, 0.4) is 0 Å². The van der Waals surface area contributed by atoms with Gasteiger partial charge >= 0.3 is 6.18 Å². The summed E-state index contributed by atoms with van der Waals surface area (Å²) < 4.78 is 32.7. The van der Waals surface area contributed by atoms with Gasteiger partial charge in [-0.25, -0.2) is 0 Å². The highest BCUT2D eigenvalue weighted by atomic mass is 35.5. The number of alkyl halides is 3. The molecule has 0 heterocycles. The Morgan fingerprint density at radius 1 is 1.25 bits per heavy atom. The van der Waals surface area contributed by atoms with E-state index in [2.05, 4.69) is 11.6 Å². The number of halogens is 5. The summed E-state index contributed by atoms with van der Waals surface area (Å²) in [7, 11) is 0. The molecule has 5 heteroatoms. The van der Waals surface area contributed by atoms with Gasteiger partial charge in [0.25, 0.3) is 0 Å². The van der Waals surface area contributed by atoms with E-state index >= 15 is 0 Å². The van der Waals surface area contributed by atoms with Gasteiger partial charge in [-0.15, -0.1) is 0 Å². The van der Waals surface area contributed by atoms with Crippen molar-refractivity contribution in [1.82, 2.24) is 0 Å². The van der Waals surface area contributed by atoms with Crippen LogP contribution in [0.1, 0.15) is 0 Å². The lowest BCUT2D eigenvalue weighted by Gasteiger charge is -1.92. The molecule has 0 nitrogen and oxygen atoms in total. The highest BCUT2D eigenvalue weighted by molar-refractivity contribution is 6.25. The summed E-state index contributed by atoms with van der Waals surface area (Å²) in [6.45, 7) is 0. The van der Waals surface area contributed by atoms with Gasteiger partial charge in [0.15, 0.2) is 0 Å². The normalized spacial score (nSPS) is 11.5. The van der Waals surface area contributed by atoms with Gasteiger partial charge in [-0.3, -0.25) is 4.70 Å². The SMILES string of the molecule is F.FC(F)(F)C=CCl. The van der Waals surface area contributed by atoms with Gasteiger partial charge in [-0.05, 0) is 0 Å². The van der Waals surface area contributed by atoms with Crippen molar-refractivity contribution in [3.63, 3.8) is 0 Å². The summed E-state index contributed by atoms with van der Waals surface area (Å²) in [5.41, 5.74) is 0.431. The standard InChI is InChI=1S/C3H2ClF3.FH/c4-2-1-3(5,6)7;/h1-2H;1H. The molecule has 0 aliphatic rings. The van der Waals surface area contributed by atoms with Gasteiger partial charge in [0.2, 0.25) is 0 Å². The quantitative estimate of drug-likeness (QED) is 0.466. The molecule has 0 aliphatic heterocycles. The summed E-state index contributed by atoms with van der Waals surface area (Å²) in [5, 5.41) is 0. The molecule has 50 valence electrons. The van der Waals surface area contributed by atoms with Crippen molar-refractivity contribution in [1.29, 1.82) is 0 Å². The first-order valence-electron chi connectivity index (χ1n) is 1.41. The third-order valence-electron chi connectivity index (χ3n) is 0.252. The van der Waals surface area contributed by atoms with Crippen molar-refractivity contribution in [2.45, 2.75) is 6.18 Å². The molecule has 0 aromatic rings. The van der Waals surface area contributed by atoms with Crippen LogP contribution in [0.2, 0.25) is 0 Å². The molecule has 0 fully saturated rings. The van der Waals surface area contributed by atoms with Crippen molar-refractivity contribution in [3.05, 3.63) is 11.6 Å². The highest BCUT2D eigenvalue weighted by Crippen LogP contribution is 2.15. The van der Waals surface area contributed by atoms with Gasteiger partial charge in [0.1, 0.15) is 0 Å². The van der Waals surface area contributed by atoms with Crippen LogP contribution in [0, 0.1) is 0 Å². The number of allylic oxidation sites excluding steroid dienone is 1. The maximum absolute atomic E-state index is 10.9. The average molecular weight is 151 g/mol. The summed E-state index contributed by atoms with van der Waals surface area (Å²) in [6, 6.07) is 0. The lowest BCUT2D eigenvalue weighted by atomic mass is 10.6.